The van der Waals surface area contributed by atoms with Crippen molar-refractivity contribution in [1.82, 2.24) is 35.6 Å². The molecule has 4 atom stereocenters. The number of amides is 8. The minimum Gasteiger partial charge on any atom is -0.493 e. The van der Waals surface area contributed by atoms with Crippen LogP contribution in [0.15, 0.2) is 95.2 Å². The number of nitrogens with one attached hydrogen (secondary N) is 4. The van der Waals surface area contributed by atoms with Crippen LogP contribution in [0, 0.1) is 11.8 Å². The van der Waals surface area contributed by atoms with Crippen LogP contribution in [0.3, 0.4) is 0 Å². The van der Waals surface area contributed by atoms with E-state index in [9.17, 15) is 38.4 Å². The maximum absolute atomic E-state index is 14.2. The van der Waals surface area contributed by atoms with E-state index in [2.05, 4.69) is 62.4 Å². The fourth-order valence-corrected chi connectivity index (χ4v) is 15.1. The Labute approximate surface area is 691 Å². The molecule has 0 aromatic heterocycles. The van der Waals surface area contributed by atoms with Crippen LogP contribution < -0.4 is 45.1 Å². The van der Waals surface area contributed by atoms with Crippen LogP contribution in [0.1, 0.15) is 135 Å². The number of nitrogens with zero attached hydrogens (tertiary/aromatic N) is 7. The van der Waals surface area contributed by atoms with Crippen molar-refractivity contribution in [2.45, 2.75) is 121 Å². The molecule has 1 aliphatic carbocycles. The van der Waals surface area contributed by atoms with Crippen LogP contribution in [-0.2, 0) is 66.7 Å². The first-order valence-corrected chi connectivity index (χ1v) is 41.7. The maximum atomic E-state index is 14.2. The first-order valence-electron chi connectivity index (χ1n) is 41.7. The lowest BCUT2D eigenvalue weighted by Gasteiger charge is -2.34. The first kappa shape index (κ1) is 89.1. The summed E-state index contributed by atoms with van der Waals surface area (Å²) in [5, 5.41) is 10.8. The summed E-state index contributed by atoms with van der Waals surface area (Å²) >= 11 is 0. The third kappa shape index (κ3) is 26.7. The standard InChI is InChI=1S/C87H117N11O20/c1-61(92-82(101)58-91-81(100)24-33-109-35-37-111-39-41-113-43-45-115-47-48-116-46-44-114-42-40-112-38-36-110-34-25-88-80(99)23-26-96-83(102)53-71(85(96)104)64-13-9-6-5-7-10-14-64)84(103)93-67-19-15-62(16-20-67)65-49-69-56-89-74-54-78(76(107-3)51-72(74)86(105)97(69)59-65)117-31-11-8-12-32-118-79-55-75-73(52-77(79)108-4)87(106)98-60-66(50-70(98)57-90-75)63-17-21-68(22-18-63)95-29-27-94(2)28-30-95/h15-22,51-52,54-57,59-61,64,69-71H,5-14,23-50,53,58H2,1-4H3,(H,88,99)(H,91,100)(H,92,101)(H,93,103). The van der Waals surface area contributed by atoms with Crippen molar-refractivity contribution in [2.75, 3.05) is 196 Å². The minimum atomic E-state index is -0.912. The summed E-state index contributed by atoms with van der Waals surface area (Å²) in [5.74, 6) is -0.377. The second-order valence-corrected chi connectivity index (χ2v) is 30.1. The smallest absolute Gasteiger partial charge is 0.260 e. The molecule has 0 spiro atoms. The number of carbonyl (C=O) groups excluding carboxylic acids is 8. The van der Waals surface area contributed by atoms with Crippen molar-refractivity contribution >= 4 is 93.6 Å². The number of benzene rings is 4. The number of methoxy groups -OCH3 is 2. The number of piperazine rings is 1. The second kappa shape index (κ2) is 47.2. The molecule has 640 valence electrons. The highest BCUT2D eigenvalue weighted by atomic mass is 16.6. The number of unbranched alkanes of at least 4 members (excludes halogenated alkanes) is 2. The van der Waals surface area contributed by atoms with Crippen LogP contribution in [-0.4, -0.2) is 283 Å². The predicted octanol–water partition coefficient (Wildman–Crippen LogP) is 8.35. The number of rotatable bonds is 49. The Bertz CT molecular complexity index is 4110. The van der Waals surface area contributed by atoms with Gasteiger partial charge in [-0.15, -0.1) is 0 Å². The Balaban J connectivity index is 0.464. The van der Waals surface area contributed by atoms with Gasteiger partial charge in [0.25, 0.3) is 11.8 Å². The molecule has 2 saturated heterocycles. The molecule has 7 aliphatic rings. The van der Waals surface area contributed by atoms with Gasteiger partial charge in [0.1, 0.15) is 6.04 Å². The fraction of sp³-hybridized carbons (Fsp3) is 0.563. The van der Waals surface area contributed by atoms with Gasteiger partial charge >= 0.3 is 0 Å². The topological polar surface area (TPSA) is 336 Å². The van der Waals surface area contributed by atoms with E-state index in [0.29, 0.717) is 183 Å². The van der Waals surface area contributed by atoms with Gasteiger partial charge in [0.15, 0.2) is 23.0 Å². The van der Waals surface area contributed by atoms with Gasteiger partial charge in [-0.2, -0.15) is 0 Å². The average Bonchev–Trinajstić information content (AvgIpc) is 1.59. The Hall–Kier alpha value is -9.70. The van der Waals surface area contributed by atoms with E-state index in [-0.39, 0.29) is 105 Å². The normalized spacial score (nSPS) is 18.3. The third-order valence-electron chi connectivity index (χ3n) is 21.8. The maximum Gasteiger partial charge on any atom is 0.260 e. The summed E-state index contributed by atoms with van der Waals surface area (Å²) < 4.78 is 68.1. The molecular formula is C87H117N11O20. The van der Waals surface area contributed by atoms with E-state index in [1.807, 2.05) is 30.7 Å². The molecule has 0 radical (unpaired) electrons. The number of hydrogen-bond donors (Lipinski definition) is 4. The Morgan fingerprint density at radius 1 is 0.500 bits per heavy atom. The summed E-state index contributed by atoms with van der Waals surface area (Å²) in [6, 6.07) is 21.3. The number of fused-ring (bicyclic) bond motifs is 4. The number of likely N-dealkylation sites (tertiary alicyclic amines) is 1. The zero-order valence-electron chi connectivity index (χ0n) is 68.7. The molecule has 6 heterocycles. The van der Waals surface area contributed by atoms with E-state index < -0.39 is 17.9 Å². The molecule has 4 aromatic carbocycles. The minimum absolute atomic E-state index is 0.0262. The molecule has 6 aliphatic heterocycles. The van der Waals surface area contributed by atoms with E-state index in [1.54, 1.807) is 66.4 Å². The third-order valence-corrected chi connectivity index (χ3v) is 21.8. The zero-order chi connectivity index (χ0) is 82.8. The number of carbonyl (C=O) groups is 8. The number of likely N-dealkylation sites (N-methyl/N-ethyl adjacent to an activating group) is 1. The number of ether oxygens (including phenoxy) is 12. The number of aliphatic imine (C=N–C) groups is 2. The zero-order valence-corrected chi connectivity index (χ0v) is 68.7. The van der Waals surface area contributed by atoms with Gasteiger partial charge in [0.2, 0.25) is 35.4 Å². The Morgan fingerprint density at radius 3 is 1.47 bits per heavy atom. The molecule has 3 fully saturated rings. The van der Waals surface area contributed by atoms with Gasteiger partial charge in [-0.3, -0.25) is 53.2 Å². The van der Waals surface area contributed by atoms with Gasteiger partial charge < -0.3 is 97.7 Å². The van der Waals surface area contributed by atoms with Crippen molar-refractivity contribution < 1.29 is 95.2 Å². The highest BCUT2D eigenvalue weighted by Gasteiger charge is 2.43. The summed E-state index contributed by atoms with van der Waals surface area (Å²) in [4.78, 5) is 124. The fourth-order valence-electron chi connectivity index (χ4n) is 15.1. The summed E-state index contributed by atoms with van der Waals surface area (Å²) in [6.07, 6.45) is 19.0. The Morgan fingerprint density at radius 2 is 0.966 bits per heavy atom. The van der Waals surface area contributed by atoms with Crippen molar-refractivity contribution in [3.63, 3.8) is 0 Å². The highest BCUT2D eigenvalue weighted by molar-refractivity contribution is 6.07. The molecule has 118 heavy (non-hydrogen) atoms. The molecule has 4 aromatic rings. The number of anilines is 2. The van der Waals surface area contributed by atoms with Gasteiger partial charge in [-0.25, -0.2) is 0 Å². The SMILES string of the molecule is COc1cc2c(cc1OCCCCCOc1cc3c(cc1OC)C(=O)N1C=C(c4ccc(N5CCN(C)CC5)cc4)CC1C=N3)N=CC1CC(c3ccc(NC(=O)C(C)NC(=O)CNC(=O)CCOCCOCCOCCOCCOCCOCCOCCOCCNC(=O)CCN4C(=O)CC(C5CCCCCCC5)C4=O)cc3)=CN1C2=O. The van der Waals surface area contributed by atoms with Crippen molar-refractivity contribution in [2.24, 2.45) is 21.8 Å². The largest absolute Gasteiger partial charge is 0.493 e. The van der Waals surface area contributed by atoms with E-state index in [1.165, 1.54) is 37.0 Å². The van der Waals surface area contributed by atoms with Crippen LogP contribution in [0.2, 0.25) is 0 Å². The molecular weight excluding hydrogens is 1520 g/mol. The molecule has 11 rings (SSSR count). The first-order chi connectivity index (χ1) is 57.6. The lowest BCUT2D eigenvalue weighted by molar-refractivity contribution is -0.140. The molecule has 8 amide bonds. The quantitative estimate of drug-likeness (QED) is 0.0238. The molecule has 31 heteroatoms. The van der Waals surface area contributed by atoms with Crippen LogP contribution in [0.5, 0.6) is 23.0 Å². The molecule has 0 bridgehead atoms. The van der Waals surface area contributed by atoms with E-state index >= 15 is 0 Å². The summed E-state index contributed by atoms with van der Waals surface area (Å²) in [6.45, 7) is 12.3. The van der Waals surface area contributed by atoms with Crippen molar-refractivity contribution in [1.29, 1.82) is 0 Å². The number of imide groups is 1. The molecule has 4 N–H and O–H groups in total. The van der Waals surface area contributed by atoms with Crippen LogP contribution in [0.4, 0.5) is 22.7 Å². The van der Waals surface area contributed by atoms with E-state index in [4.69, 9.17) is 66.8 Å². The van der Waals surface area contributed by atoms with Gasteiger partial charge in [0, 0.05) is 120 Å². The summed E-state index contributed by atoms with van der Waals surface area (Å²) in [7, 11) is 5.25. The van der Waals surface area contributed by atoms with Crippen LogP contribution in [0.25, 0.3) is 11.1 Å². The predicted molar refractivity (Wildman–Crippen MR) is 444 cm³/mol. The van der Waals surface area contributed by atoms with E-state index in [0.717, 1.165) is 87.0 Å². The second-order valence-electron chi connectivity index (χ2n) is 30.1. The lowest BCUT2D eigenvalue weighted by Crippen LogP contribution is -2.46. The van der Waals surface area contributed by atoms with Gasteiger partial charge in [-0.05, 0) is 111 Å². The highest BCUT2D eigenvalue weighted by Crippen LogP contribution is 2.43. The van der Waals surface area contributed by atoms with Crippen LogP contribution >= 0.6 is 0 Å². The van der Waals surface area contributed by atoms with Gasteiger partial charge in [-0.1, -0.05) is 56.4 Å². The van der Waals surface area contributed by atoms with Crippen molar-refractivity contribution in [3.8, 4) is 23.0 Å². The Kier molecular flexibility index (Phi) is 35.6. The molecule has 31 nitrogen and oxygen atoms in total. The molecule has 1 saturated carbocycles. The van der Waals surface area contributed by atoms with Crippen molar-refractivity contribution in [3.05, 3.63) is 107 Å². The molecule has 4 unspecified atom stereocenters. The van der Waals surface area contributed by atoms with Gasteiger partial charge in [0.05, 0.1) is 180 Å². The average molecular weight is 1640 g/mol. The monoisotopic (exact) mass is 1640 g/mol. The summed E-state index contributed by atoms with van der Waals surface area (Å²) in [5.41, 5.74) is 7.47. The lowest BCUT2D eigenvalue weighted by atomic mass is 9.81. The number of hydrogen-bond acceptors (Lipinski definition) is 24.